The quantitative estimate of drug-likeness (QED) is 0.324. The fraction of sp³-hybridized carbons (Fsp3) is 0.400. The summed E-state index contributed by atoms with van der Waals surface area (Å²) in [5, 5.41) is 0. The molecule has 1 aliphatic heterocycles. The molecule has 5 nitrogen and oxygen atoms in total. The first-order chi connectivity index (χ1) is 10.0. The van der Waals surface area contributed by atoms with Gasteiger partial charge >= 0.3 is 0 Å². The predicted octanol–water partition coefficient (Wildman–Crippen LogP) is 2.58. The average molecular weight is 306 g/mol. The fourth-order valence-corrected chi connectivity index (χ4v) is 3.11. The Hall–Kier alpha value is -1.50. The van der Waals surface area contributed by atoms with Crippen molar-refractivity contribution in [2.75, 3.05) is 24.6 Å². The molecule has 2 rings (SSSR count). The highest BCUT2D eigenvalue weighted by Gasteiger charge is 2.26. The number of anilines is 2. The summed E-state index contributed by atoms with van der Waals surface area (Å²) in [5.74, 6) is 0.00370. The summed E-state index contributed by atoms with van der Waals surface area (Å²) in [6, 6.07) is 5.04. The molecule has 0 aliphatic carbocycles. The highest BCUT2D eigenvalue weighted by Crippen LogP contribution is 2.34. The van der Waals surface area contributed by atoms with Gasteiger partial charge < -0.3 is 11.5 Å². The van der Waals surface area contributed by atoms with E-state index in [1.54, 1.807) is 18.2 Å². The standard InChI is InChI=1S/C15H22N4OS/c1-3-4-7-18-19-9-10(2)15(21-19)14(20)11-5-6-12(16)13(17)8-11/h5-6,8,18H,3-4,7,9,16-17H2,1-2H3. The Bertz CT molecular complexity index is 571. The van der Waals surface area contributed by atoms with E-state index in [-0.39, 0.29) is 5.78 Å². The Labute approximate surface area is 129 Å². The van der Waals surface area contributed by atoms with Crippen LogP contribution in [0.3, 0.4) is 0 Å². The second kappa shape index (κ2) is 6.98. The van der Waals surface area contributed by atoms with Crippen LogP contribution in [0.25, 0.3) is 0 Å². The number of allylic oxidation sites excluding steroid dienone is 1. The monoisotopic (exact) mass is 306 g/mol. The Morgan fingerprint density at radius 3 is 2.81 bits per heavy atom. The van der Waals surface area contributed by atoms with Gasteiger partial charge in [-0.3, -0.25) is 4.79 Å². The molecule has 0 atom stereocenters. The molecular weight excluding hydrogens is 284 g/mol. The van der Waals surface area contributed by atoms with Crippen molar-refractivity contribution in [2.24, 2.45) is 0 Å². The maximum absolute atomic E-state index is 12.6. The summed E-state index contributed by atoms with van der Waals surface area (Å²) in [4.78, 5) is 13.3. The van der Waals surface area contributed by atoms with Crippen LogP contribution in [0.5, 0.6) is 0 Å². The number of hydrazine groups is 1. The number of benzene rings is 1. The van der Waals surface area contributed by atoms with Gasteiger partial charge in [-0.25, -0.2) is 5.43 Å². The van der Waals surface area contributed by atoms with Crippen molar-refractivity contribution in [3.63, 3.8) is 0 Å². The Morgan fingerprint density at radius 2 is 2.14 bits per heavy atom. The number of Topliss-reactive ketones (excluding diaryl/α,β-unsaturated/α-hetero) is 1. The fourth-order valence-electron chi connectivity index (χ4n) is 2.06. The highest BCUT2D eigenvalue weighted by atomic mass is 32.2. The van der Waals surface area contributed by atoms with E-state index in [9.17, 15) is 4.79 Å². The average Bonchev–Trinajstić information content (AvgIpc) is 2.82. The zero-order valence-electron chi connectivity index (χ0n) is 12.5. The van der Waals surface area contributed by atoms with Gasteiger partial charge in [-0.05, 0) is 49.1 Å². The van der Waals surface area contributed by atoms with Crippen molar-refractivity contribution in [3.8, 4) is 0 Å². The maximum atomic E-state index is 12.6. The minimum absolute atomic E-state index is 0.00370. The van der Waals surface area contributed by atoms with Crippen molar-refractivity contribution >= 4 is 29.1 Å². The van der Waals surface area contributed by atoms with Crippen LogP contribution in [0.4, 0.5) is 11.4 Å². The van der Waals surface area contributed by atoms with Crippen LogP contribution in [-0.4, -0.2) is 23.3 Å². The molecule has 1 aliphatic rings. The van der Waals surface area contributed by atoms with Crippen LogP contribution in [0.15, 0.2) is 28.7 Å². The molecule has 0 aromatic heterocycles. The van der Waals surface area contributed by atoms with Crippen molar-refractivity contribution in [1.82, 2.24) is 9.84 Å². The summed E-state index contributed by atoms with van der Waals surface area (Å²) in [6.45, 7) is 5.82. The van der Waals surface area contributed by atoms with E-state index in [0.29, 0.717) is 16.9 Å². The van der Waals surface area contributed by atoms with E-state index in [4.69, 9.17) is 11.5 Å². The lowest BCUT2D eigenvalue weighted by atomic mass is 10.1. The van der Waals surface area contributed by atoms with Crippen molar-refractivity contribution in [2.45, 2.75) is 26.7 Å². The molecule has 21 heavy (non-hydrogen) atoms. The number of nitrogens with one attached hydrogen (secondary N) is 1. The van der Waals surface area contributed by atoms with E-state index in [0.717, 1.165) is 36.4 Å². The third-order valence-electron chi connectivity index (χ3n) is 3.34. The molecule has 1 heterocycles. The van der Waals surface area contributed by atoms with E-state index < -0.39 is 0 Å². The SMILES string of the molecule is CCCCNN1CC(C)=C(C(=O)c2ccc(N)c(N)c2)S1. The topological polar surface area (TPSA) is 84.4 Å². The minimum Gasteiger partial charge on any atom is -0.397 e. The van der Waals surface area contributed by atoms with Gasteiger partial charge in [0, 0.05) is 18.7 Å². The first-order valence-electron chi connectivity index (χ1n) is 7.11. The van der Waals surface area contributed by atoms with Gasteiger partial charge in [-0.1, -0.05) is 13.3 Å². The number of ketones is 1. The molecule has 0 unspecified atom stereocenters. The Morgan fingerprint density at radius 1 is 1.38 bits per heavy atom. The third kappa shape index (κ3) is 3.78. The summed E-state index contributed by atoms with van der Waals surface area (Å²) < 4.78 is 2.01. The molecule has 6 heteroatoms. The van der Waals surface area contributed by atoms with Gasteiger partial charge in [0.05, 0.1) is 16.3 Å². The van der Waals surface area contributed by atoms with E-state index in [1.807, 2.05) is 11.3 Å². The molecule has 114 valence electrons. The van der Waals surface area contributed by atoms with Crippen LogP contribution >= 0.6 is 11.9 Å². The van der Waals surface area contributed by atoms with Crippen LogP contribution in [0.1, 0.15) is 37.0 Å². The number of rotatable bonds is 6. The molecule has 0 saturated heterocycles. The molecular formula is C15H22N4OS. The number of hydrogen-bond acceptors (Lipinski definition) is 6. The molecule has 5 N–H and O–H groups in total. The van der Waals surface area contributed by atoms with Gasteiger partial charge in [-0.2, -0.15) is 4.41 Å². The van der Waals surface area contributed by atoms with E-state index in [2.05, 4.69) is 12.3 Å². The number of nitrogens with zero attached hydrogens (tertiary/aromatic N) is 1. The van der Waals surface area contributed by atoms with Crippen molar-refractivity contribution in [1.29, 1.82) is 0 Å². The van der Waals surface area contributed by atoms with Crippen LogP contribution in [0.2, 0.25) is 0 Å². The molecule has 0 saturated carbocycles. The summed E-state index contributed by atoms with van der Waals surface area (Å²) >= 11 is 1.46. The zero-order valence-corrected chi connectivity index (χ0v) is 13.3. The first-order valence-corrected chi connectivity index (χ1v) is 7.88. The lowest BCUT2D eigenvalue weighted by Gasteiger charge is -2.15. The number of unbranched alkanes of at least 4 members (excludes halogenated alkanes) is 1. The number of carbonyl (C=O) groups is 1. The molecule has 0 bridgehead atoms. The normalized spacial score (nSPS) is 15.7. The lowest BCUT2D eigenvalue weighted by Crippen LogP contribution is -2.31. The minimum atomic E-state index is 0.00370. The van der Waals surface area contributed by atoms with Gasteiger partial charge in [-0.15, -0.1) is 0 Å². The highest BCUT2D eigenvalue weighted by molar-refractivity contribution is 8.02. The molecule has 0 spiro atoms. The number of nitrogen functional groups attached to an aromatic ring is 2. The third-order valence-corrected chi connectivity index (χ3v) is 4.54. The van der Waals surface area contributed by atoms with Crippen LogP contribution in [0, 0.1) is 0 Å². The molecule has 0 fully saturated rings. The van der Waals surface area contributed by atoms with Crippen LogP contribution in [-0.2, 0) is 0 Å². The van der Waals surface area contributed by atoms with Gasteiger partial charge in [0.1, 0.15) is 0 Å². The van der Waals surface area contributed by atoms with Gasteiger partial charge in [0.15, 0.2) is 0 Å². The molecule has 1 aromatic carbocycles. The number of carbonyl (C=O) groups excluding carboxylic acids is 1. The second-order valence-electron chi connectivity index (χ2n) is 5.17. The number of hydrogen-bond donors (Lipinski definition) is 3. The lowest BCUT2D eigenvalue weighted by molar-refractivity contribution is 0.104. The van der Waals surface area contributed by atoms with Crippen molar-refractivity contribution < 1.29 is 4.79 Å². The van der Waals surface area contributed by atoms with Gasteiger partial charge in [0.25, 0.3) is 0 Å². The number of nitrogens with two attached hydrogens (primary N) is 2. The summed E-state index contributed by atoms with van der Waals surface area (Å²) in [5.41, 5.74) is 17.4. The van der Waals surface area contributed by atoms with Crippen LogP contribution < -0.4 is 16.9 Å². The summed E-state index contributed by atoms with van der Waals surface area (Å²) in [6.07, 6.45) is 2.27. The Kier molecular flexibility index (Phi) is 5.27. The molecule has 1 aromatic rings. The molecule has 0 amide bonds. The summed E-state index contributed by atoms with van der Waals surface area (Å²) in [7, 11) is 0. The van der Waals surface area contributed by atoms with E-state index >= 15 is 0 Å². The predicted molar refractivity (Wildman–Crippen MR) is 89.5 cm³/mol. The van der Waals surface area contributed by atoms with Gasteiger partial charge in [0.2, 0.25) is 5.78 Å². The largest absolute Gasteiger partial charge is 0.397 e. The maximum Gasteiger partial charge on any atom is 0.200 e. The van der Waals surface area contributed by atoms with Crippen molar-refractivity contribution in [3.05, 3.63) is 34.2 Å². The first kappa shape index (κ1) is 15.9. The van der Waals surface area contributed by atoms with E-state index in [1.165, 1.54) is 11.9 Å². The zero-order chi connectivity index (χ0) is 15.4. The second-order valence-corrected chi connectivity index (χ2v) is 6.20. The smallest absolute Gasteiger partial charge is 0.200 e. The Balaban J connectivity index is 2.05. The molecule has 0 radical (unpaired) electrons.